The van der Waals surface area contributed by atoms with Gasteiger partial charge in [-0.2, -0.15) is 0 Å². The molecule has 1 aliphatic heterocycles. The molecule has 0 saturated carbocycles. The lowest BCUT2D eigenvalue weighted by atomic mass is 9.95. The number of carbonyl (C=O) groups is 1. The Balaban J connectivity index is 1.28. The molecule has 1 amide bonds. The summed E-state index contributed by atoms with van der Waals surface area (Å²) in [4.78, 5) is 32.7. The predicted octanol–water partition coefficient (Wildman–Crippen LogP) is 5.19. The van der Waals surface area contributed by atoms with Crippen LogP contribution >= 0.6 is 0 Å². The number of benzene rings is 2. The van der Waals surface area contributed by atoms with E-state index in [-0.39, 0.29) is 5.91 Å². The van der Waals surface area contributed by atoms with Crippen molar-refractivity contribution >= 4 is 27.8 Å². The standard InChI is InChI=1S/C27H23N5O/c33-27(32-15-11-19(12-16-32)26-30-23-7-3-4-8-24(23)31-26)21-17-25(18-9-13-28-14-10-18)29-22-6-2-1-5-20(21)22/h1-10,13-14,17,19H,11-12,15-16H2,(H,30,31). The second-order valence-electron chi connectivity index (χ2n) is 8.51. The van der Waals surface area contributed by atoms with Crippen molar-refractivity contribution < 1.29 is 4.79 Å². The molecule has 0 bridgehead atoms. The van der Waals surface area contributed by atoms with Crippen molar-refractivity contribution in [3.8, 4) is 11.3 Å². The summed E-state index contributed by atoms with van der Waals surface area (Å²) in [6.07, 6.45) is 5.28. The Hall–Kier alpha value is -4.06. The molecular weight excluding hydrogens is 410 g/mol. The van der Waals surface area contributed by atoms with Crippen molar-refractivity contribution in [3.05, 3.63) is 90.5 Å². The van der Waals surface area contributed by atoms with Gasteiger partial charge in [-0.15, -0.1) is 0 Å². The normalized spacial score (nSPS) is 14.7. The average molecular weight is 434 g/mol. The van der Waals surface area contributed by atoms with Crippen molar-refractivity contribution in [2.75, 3.05) is 13.1 Å². The third kappa shape index (κ3) is 3.63. The number of rotatable bonds is 3. The molecule has 33 heavy (non-hydrogen) atoms. The Bertz CT molecular complexity index is 1420. The summed E-state index contributed by atoms with van der Waals surface area (Å²) in [5.74, 6) is 1.42. The van der Waals surface area contributed by atoms with Gasteiger partial charge in [-0.05, 0) is 49.2 Å². The van der Waals surface area contributed by atoms with Gasteiger partial charge >= 0.3 is 0 Å². The van der Waals surface area contributed by atoms with Crippen LogP contribution in [0, 0.1) is 0 Å². The van der Waals surface area contributed by atoms with Crippen LogP contribution in [0.4, 0.5) is 0 Å². The quantitative estimate of drug-likeness (QED) is 0.425. The van der Waals surface area contributed by atoms with Crippen molar-refractivity contribution in [2.24, 2.45) is 0 Å². The lowest BCUT2D eigenvalue weighted by molar-refractivity contribution is 0.0713. The van der Waals surface area contributed by atoms with E-state index >= 15 is 0 Å². The zero-order valence-corrected chi connectivity index (χ0v) is 18.1. The smallest absolute Gasteiger partial charge is 0.254 e. The minimum Gasteiger partial charge on any atom is -0.342 e. The molecule has 2 aromatic carbocycles. The van der Waals surface area contributed by atoms with Gasteiger partial charge in [-0.3, -0.25) is 9.78 Å². The number of piperidine rings is 1. The number of fused-ring (bicyclic) bond motifs is 2. The summed E-state index contributed by atoms with van der Waals surface area (Å²) in [6.45, 7) is 1.42. The van der Waals surface area contributed by atoms with E-state index in [1.54, 1.807) is 12.4 Å². The number of hydrogen-bond acceptors (Lipinski definition) is 4. The van der Waals surface area contributed by atoms with Crippen molar-refractivity contribution in [3.63, 3.8) is 0 Å². The SMILES string of the molecule is O=C(c1cc(-c2ccncc2)nc2ccccc12)N1CCC(c2nc3ccccc3[nH]2)CC1. The summed E-state index contributed by atoms with van der Waals surface area (Å²) in [6, 6.07) is 21.7. The van der Waals surface area contributed by atoms with Crippen LogP contribution in [0.1, 0.15) is 34.9 Å². The molecule has 5 aromatic rings. The van der Waals surface area contributed by atoms with Crippen LogP contribution in [-0.4, -0.2) is 43.8 Å². The van der Waals surface area contributed by atoms with Gasteiger partial charge in [0.15, 0.2) is 0 Å². The molecule has 1 aliphatic rings. The average Bonchev–Trinajstić information content (AvgIpc) is 3.33. The lowest BCUT2D eigenvalue weighted by Gasteiger charge is -2.31. The zero-order chi connectivity index (χ0) is 22.2. The van der Waals surface area contributed by atoms with Gasteiger partial charge in [0.1, 0.15) is 5.82 Å². The van der Waals surface area contributed by atoms with Gasteiger partial charge in [0.05, 0.1) is 27.8 Å². The number of pyridine rings is 2. The molecule has 162 valence electrons. The lowest BCUT2D eigenvalue weighted by Crippen LogP contribution is -2.38. The number of aromatic amines is 1. The van der Waals surface area contributed by atoms with E-state index in [4.69, 9.17) is 9.97 Å². The van der Waals surface area contributed by atoms with Crippen molar-refractivity contribution in [1.82, 2.24) is 24.8 Å². The van der Waals surface area contributed by atoms with E-state index in [9.17, 15) is 4.79 Å². The Labute approximate surface area is 191 Å². The van der Waals surface area contributed by atoms with Crippen molar-refractivity contribution in [1.29, 1.82) is 0 Å². The fourth-order valence-corrected chi connectivity index (χ4v) is 4.72. The second kappa shape index (κ2) is 8.13. The monoisotopic (exact) mass is 433 g/mol. The Morgan fingerprint density at radius 3 is 2.39 bits per heavy atom. The highest BCUT2D eigenvalue weighted by Gasteiger charge is 2.27. The molecule has 1 N–H and O–H groups in total. The minimum atomic E-state index is 0.0620. The van der Waals surface area contributed by atoms with Gasteiger partial charge in [0, 0.05) is 42.4 Å². The number of para-hydroxylation sites is 3. The third-order valence-corrected chi connectivity index (χ3v) is 6.50. The molecular formula is C27H23N5O. The van der Waals surface area contributed by atoms with E-state index in [1.807, 2.05) is 65.6 Å². The molecule has 0 radical (unpaired) electrons. The molecule has 0 unspecified atom stereocenters. The number of H-pyrrole nitrogens is 1. The fourth-order valence-electron chi connectivity index (χ4n) is 4.72. The molecule has 6 nitrogen and oxygen atoms in total. The van der Waals surface area contributed by atoms with Gasteiger partial charge in [0.25, 0.3) is 5.91 Å². The maximum atomic E-state index is 13.6. The van der Waals surface area contributed by atoms with Crippen LogP contribution < -0.4 is 0 Å². The molecule has 6 rings (SSSR count). The third-order valence-electron chi connectivity index (χ3n) is 6.50. The second-order valence-corrected chi connectivity index (χ2v) is 8.51. The molecule has 1 saturated heterocycles. The number of hydrogen-bond donors (Lipinski definition) is 1. The fraction of sp³-hybridized carbons (Fsp3) is 0.185. The maximum Gasteiger partial charge on any atom is 0.254 e. The first-order chi connectivity index (χ1) is 16.3. The Kier molecular flexibility index (Phi) is 4.83. The minimum absolute atomic E-state index is 0.0620. The number of nitrogens with one attached hydrogen (secondary N) is 1. The summed E-state index contributed by atoms with van der Waals surface area (Å²) in [5, 5.41) is 0.889. The number of likely N-dealkylation sites (tertiary alicyclic amines) is 1. The highest BCUT2D eigenvalue weighted by Crippen LogP contribution is 2.30. The molecule has 1 fully saturated rings. The zero-order valence-electron chi connectivity index (χ0n) is 18.1. The number of imidazole rings is 1. The van der Waals surface area contributed by atoms with Gasteiger partial charge < -0.3 is 9.88 Å². The van der Waals surface area contributed by atoms with E-state index in [2.05, 4.69) is 16.0 Å². The first kappa shape index (κ1) is 19.6. The van der Waals surface area contributed by atoms with Crippen LogP contribution in [0.3, 0.4) is 0 Å². The summed E-state index contributed by atoms with van der Waals surface area (Å²) >= 11 is 0. The van der Waals surface area contributed by atoms with Crippen molar-refractivity contribution in [2.45, 2.75) is 18.8 Å². The Morgan fingerprint density at radius 1 is 0.879 bits per heavy atom. The summed E-state index contributed by atoms with van der Waals surface area (Å²) in [7, 11) is 0. The first-order valence-corrected chi connectivity index (χ1v) is 11.3. The molecule has 0 aliphatic carbocycles. The highest BCUT2D eigenvalue weighted by molar-refractivity contribution is 6.07. The molecule has 4 heterocycles. The van der Waals surface area contributed by atoms with Crippen LogP contribution in [-0.2, 0) is 0 Å². The van der Waals surface area contributed by atoms with Crippen LogP contribution in [0.25, 0.3) is 33.2 Å². The van der Waals surface area contributed by atoms with E-state index < -0.39 is 0 Å². The summed E-state index contributed by atoms with van der Waals surface area (Å²) in [5.41, 5.74) is 5.34. The van der Waals surface area contributed by atoms with Crippen LogP contribution in [0.15, 0.2) is 79.1 Å². The number of carbonyl (C=O) groups excluding carboxylic acids is 1. The van der Waals surface area contributed by atoms with E-state index in [0.29, 0.717) is 24.6 Å². The van der Waals surface area contributed by atoms with Crippen LogP contribution in [0.5, 0.6) is 0 Å². The van der Waals surface area contributed by atoms with Gasteiger partial charge in [-0.25, -0.2) is 9.97 Å². The molecule has 3 aromatic heterocycles. The largest absolute Gasteiger partial charge is 0.342 e. The molecule has 0 atom stereocenters. The van der Waals surface area contributed by atoms with Gasteiger partial charge in [0.2, 0.25) is 0 Å². The number of amides is 1. The summed E-state index contributed by atoms with van der Waals surface area (Å²) < 4.78 is 0. The van der Waals surface area contributed by atoms with E-state index in [1.165, 1.54) is 0 Å². The molecule has 0 spiro atoms. The maximum absolute atomic E-state index is 13.6. The number of aromatic nitrogens is 4. The Morgan fingerprint density at radius 2 is 1.61 bits per heavy atom. The predicted molar refractivity (Wildman–Crippen MR) is 129 cm³/mol. The highest BCUT2D eigenvalue weighted by atomic mass is 16.2. The van der Waals surface area contributed by atoms with E-state index in [0.717, 1.165) is 51.9 Å². The van der Waals surface area contributed by atoms with Gasteiger partial charge in [-0.1, -0.05) is 30.3 Å². The molecule has 6 heteroatoms. The number of nitrogens with zero attached hydrogens (tertiary/aromatic N) is 4. The van der Waals surface area contributed by atoms with Crippen LogP contribution in [0.2, 0.25) is 0 Å². The topological polar surface area (TPSA) is 74.8 Å². The first-order valence-electron chi connectivity index (χ1n) is 11.3.